The summed E-state index contributed by atoms with van der Waals surface area (Å²) in [6.45, 7) is 0. The van der Waals surface area contributed by atoms with Gasteiger partial charge in [-0.15, -0.1) is 0 Å². The lowest BCUT2D eigenvalue weighted by Gasteiger charge is -2.10. The molecule has 0 amide bonds. The molecule has 0 radical (unpaired) electrons. The van der Waals surface area contributed by atoms with Gasteiger partial charge in [0.15, 0.2) is 5.82 Å². The van der Waals surface area contributed by atoms with Crippen LogP contribution < -0.4 is 4.72 Å². The molecule has 0 aliphatic heterocycles. The average molecular weight is 358 g/mol. The Morgan fingerprint density at radius 1 is 1.17 bits per heavy atom. The van der Waals surface area contributed by atoms with Gasteiger partial charge in [0.1, 0.15) is 0 Å². The average Bonchev–Trinajstić information content (AvgIpc) is 2.50. The van der Waals surface area contributed by atoms with E-state index in [2.05, 4.69) is 4.72 Å². The van der Waals surface area contributed by atoms with Crippen LogP contribution in [0.4, 0.5) is 10.1 Å². The van der Waals surface area contributed by atoms with E-state index in [9.17, 15) is 17.6 Å². The lowest BCUT2D eigenvalue weighted by Crippen LogP contribution is -2.14. The van der Waals surface area contributed by atoms with E-state index in [1.165, 1.54) is 42.5 Å². The minimum Gasteiger partial charge on any atom is -0.481 e. The number of sulfonamides is 1. The van der Waals surface area contributed by atoms with Crippen LogP contribution in [-0.4, -0.2) is 19.5 Å². The maximum Gasteiger partial charge on any atom is 0.303 e. The first-order valence-corrected chi connectivity index (χ1v) is 8.43. The number of rotatable bonds is 6. The maximum absolute atomic E-state index is 13.8. The fraction of sp³-hybridized carbons (Fsp3) is 0.133. The van der Waals surface area contributed by atoms with Gasteiger partial charge < -0.3 is 5.11 Å². The molecular weight excluding hydrogens is 345 g/mol. The van der Waals surface area contributed by atoms with E-state index in [1.54, 1.807) is 0 Å². The number of carboxylic acids is 1. The molecule has 0 unspecified atom stereocenters. The lowest BCUT2D eigenvalue weighted by molar-refractivity contribution is -0.136. The Kier molecular flexibility index (Phi) is 5.23. The van der Waals surface area contributed by atoms with Crippen molar-refractivity contribution in [2.45, 2.75) is 17.7 Å². The fourth-order valence-electron chi connectivity index (χ4n) is 1.87. The molecule has 5 nitrogen and oxygen atoms in total. The van der Waals surface area contributed by atoms with Gasteiger partial charge in [0, 0.05) is 6.42 Å². The molecule has 0 fully saturated rings. The van der Waals surface area contributed by atoms with E-state index >= 15 is 0 Å². The molecule has 0 bridgehead atoms. The molecule has 2 N–H and O–H groups in total. The summed E-state index contributed by atoms with van der Waals surface area (Å²) in [5.74, 6) is -1.78. The smallest absolute Gasteiger partial charge is 0.303 e. The molecule has 23 heavy (non-hydrogen) atoms. The van der Waals surface area contributed by atoms with Gasteiger partial charge in [-0.1, -0.05) is 29.8 Å². The van der Waals surface area contributed by atoms with Crippen LogP contribution in [-0.2, 0) is 21.2 Å². The second kappa shape index (κ2) is 6.97. The molecule has 0 aliphatic carbocycles. The first-order valence-electron chi connectivity index (χ1n) is 6.57. The Balaban J connectivity index is 2.19. The third kappa shape index (κ3) is 4.43. The molecule has 8 heteroatoms. The molecule has 0 heterocycles. The monoisotopic (exact) mass is 357 g/mol. The Hall–Kier alpha value is -2.12. The van der Waals surface area contributed by atoms with Crippen molar-refractivity contribution in [2.75, 3.05) is 4.72 Å². The van der Waals surface area contributed by atoms with E-state index in [0.29, 0.717) is 12.0 Å². The molecule has 0 aliphatic rings. The summed E-state index contributed by atoms with van der Waals surface area (Å²) in [6, 6.07) is 9.71. The Morgan fingerprint density at radius 3 is 2.43 bits per heavy atom. The zero-order valence-electron chi connectivity index (χ0n) is 11.8. The molecule has 2 rings (SSSR count). The van der Waals surface area contributed by atoms with Gasteiger partial charge in [-0.25, -0.2) is 12.8 Å². The van der Waals surface area contributed by atoms with Crippen molar-refractivity contribution >= 4 is 33.3 Å². The summed E-state index contributed by atoms with van der Waals surface area (Å²) >= 11 is 5.61. The van der Waals surface area contributed by atoms with E-state index in [4.69, 9.17) is 16.7 Å². The van der Waals surface area contributed by atoms with Crippen molar-refractivity contribution in [1.82, 2.24) is 0 Å². The van der Waals surface area contributed by atoms with Gasteiger partial charge in [0.25, 0.3) is 10.0 Å². The number of benzene rings is 2. The number of halogens is 2. The maximum atomic E-state index is 13.8. The molecule has 0 saturated heterocycles. The highest BCUT2D eigenvalue weighted by Gasteiger charge is 2.17. The molecule has 0 saturated carbocycles. The summed E-state index contributed by atoms with van der Waals surface area (Å²) in [4.78, 5) is 10.4. The Bertz CT molecular complexity index is 822. The van der Waals surface area contributed by atoms with Crippen molar-refractivity contribution in [2.24, 2.45) is 0 Å². The lowest BCUT2D eigenvalue weighted by atomic mass is 10.1. The third-order valence-electron chi connectivity index (χ3n) is 3.06. The van der Waals surface area contributed by atoms with Crippen LogP contribution in [0.2, 0.25) is 5.02 Å². The summed E-state index contributed by atoms with van der Waals surface area (Å²) in [5.41, 5.74) is 0.452. The third-order valence-corrected chi connectivity index (χ3v) is 4.73. The standard InChI is InChI=1S/C15H13ClFNO4S/c16-12-2-1-3-13(15(12)17)18-23(21,22)11-7-4-10(5-8-11)6-9-14(19)20/h1-5,7-8,18H,6,9H2,(H,19,20). The fourth-order valence-corrected chi connectivity index (χ4v) is 3.11. The van der Waals surface area contributed by atoms with E-state index in [0.717, 1.165) is 0 Å². The molecule has 0 aromatic heterocycles. The highest BCUT2D eigenvalue weighted by molar-refractivity contribution is 7.92. The number of aliphatic carboxylic acids is 1. The number of hydrogen-bond acceptors (Lipinski definition) is 3. The van der Waals surface area contributed by atoms with Crippen LogP contribution in [0.1, 0.15) is 12.0 Å². The van der Waals surface area contributed by atoms with Crippen LogP contribution in [0.25, 0.3) is 0 Å². The van der Waals surface area contributed by atoms with Gasteiger partial charge in [-0.05, 0) is 36.2 Å². The second-order valence-corrected chi connectivity index (χ2v) is 6.83. The van der Waals surface area contributed by atoms with Crippen molar-refractivity contribution in [3.63, 3.8) is 0 Å². The SMILES string of the molecule is O=C(O)CCc1ccc(S(=O)(=O)Nc2cccc(Cl)c2F)cc1. The highest BCUT2D eigenvalue weighted by atomic mass is 35.5. The summed E-state index contributed by atoms with van der Waals surface area (Å²) in [7, 11) is -3.97. The Morgan fingerprint density at radius 2 is 1.83 bits per heavy atom. The molecule has 122 valence electrons. The minimum atomic E-state index is -3.97. The topological polar surface area (TPSA) is 83.5 Å². The Labute approximate surface area is 137 Å². The zero-order chi connectivity index (χ0) is 17.0. The highest BCUT2D eigenvalue weighted by Crippen LogP contribution is 2.24. The predicted octanol–water partition coefficient (Wildman–Crippen LogP) is 3.30. The second-order valence-electron chi connectivity index (χ2n) is 4.74. The predicted molar refractivity (Wildman–Crippen MR) is 84.6 cm³/mol. The van der Waals surface area contributed by atoms with Gasteiger partial charge in [-0.3, -0.25) is 9.52 Å². The van der Waals surface area contributed by atoms with Gasteiger partial charge in [0.05, 0.1) is 15.6 Å². The van der Waals surface area contributed by atoms with Crippen LogP contribution in [0, 0.1) is 5.82 Å². The van der Waals surface area contributed by atoms with Crippen molar-refractivity contribution < 1.29 is 22.7 Å². The summed E-state index contributed by atoms with van der Waals surface area (Å²) < 4.78 is 40.4. The largest absolute Gasteiger partial charge is 0.481 e. The normalized spacial score (nSPS) is 11.2. The van der Waals surface area contributed by atoms with Crippen LogP contribution in [0.5, 0.6) is 0 Å². The van der Waals surface area contributed by atoms with Crippen LogP contribution in [0.15, 0.2) is 47.4 Å². The number of nitrogens with one attached hydrogen (secondary N) is 1. The van der Waals surface area contributed by atoms with Gasteiger partial charge in [-0.2, -0.15) is 0 Å². The van der Waals surface area contributed by atoms with Crippen LogP contribution in [0.3, 0.4) is 0 Å². The van der Waals surface area contributed by atoms with Gasteiger partial charge in [0.2, 0.25) is 0 Å². The number of carboxylic acid groups (broad SMARTS) is 1. The molecule has 2 aromatic carbocycles. The first-order chi connectivity index (χ1) is 10.8. The van der Waals surface area contributed by atoms with Crippen molar-refractivity contribution in [3.05, 3.63) is 58.9 Å². The van der Waals surface area contributed by atoms with E-state index in [1.807, 2.05) is 0 Å². The molecule has 2 aromatic rings. The van der Waals surface area contributed by atoms with E-state index < -0.39 is 21.8 Å². The van der Waals surface area contributed by atoms with Gasteiger partial charge >= 0.3 is 5.97 Å². The summed E-state index contributed by atoms with van der Waals surface area (Å²) in [5, 5.41) is 8.43. The molecule has 0 atom stereocenters. The molecule has 0 spiro atoms. The van der Waals surface area contributed by atoms with Crippen molar-refractivity contribution in [3.8, 4) is 0 Å². The quantitative estimate of drug-likeness (QED) is 0.830. The molecular formula is C15H13ClFNO4S. The number of anilines is 1. The summed E-state index contributed by atoms with van der Waals surface area (Å²) in [6.07, 6.45) is 0.254. The zero-order valence-corrected chi connectivity index (χ0v) is 13.4. The number of aryl methyl sites for hydroxylation is 1. The van der Waals surface area contributed by atoms with E-state index in [-0.39, 0.29) is 22.0 Å². The first kappa shape index (κ1) is 17.2. The van der Waals surface area contributed by atoms with Crippen LogP contribution >= 0.6 is 11.6 Å². The number of hydrogen-bond donors (Lipinski definition) is 2. The number of carbonyl (C=O) groups is 1. The van der Waals surface area contributed by atoms with Crippen molar-refractivity contribution in [1.29, 1.82) is 0 Å². The minimum absolute atomic E-state index is 0.0436.